The number of alkyl halides is 3. The standard InChI is InChI=1S/C14H8F3N/c15-14(16,17)13-8-12(9-18-10-13)7-6-11-4-2-1-3-5-11/h1-5,8-10H. The van der Waals surface area contributed by atoms with Crippen molar-refractivity contribution in [3.05, 3.63) is 65.5 Å². The molecule has 0 fully saturated rings. The van der Waals surface area contributed by atoms with Crippen molar-refractivity contribution in [2.45, 2.75) is 6.18 Å². The molecule has 1 aromatic carbocycles. The van der Waals surface area contributed by atoms with Crippen LogP contribution in [0.2, 0.25) is 0 Å². The van der Waals surface area contributed by atoms with Gasteiger partial charge in [0.25, 0.3) is 0 Å². The van der Waals surface area contributed by atoms with E-state index in [4.69, 9.17) is 0 Å². The van der Waals surface area contributed by atoms with E-state index < -0.39 is 11.7 Å². The number of hydrogen-bond donors (Lipinski definition) is 0. The van der Waals surface area contributed by atoms with E-state index in [1.165, 1.54) is 6.20 Å². The van der Waals surface area contributed by atoms with E-state index in [0.29, 0.717) is 0 Å². The fraction of sp³-hybridized carbons (Fsp3) is 0.0714. The van der Waals surface area contributed by atoms with Crippen LogP contribution in [0.4, 0.5) is 13.2 Å². The van der Waals surface area contributed by atoms with Gasteiger partial charge >= 0.3 is 6.18 Å². The summed E-state index contributed by atoms with van der Waals surface area (Å²) in [7, 11) is 0. The lowest BCUT2D eigenvalue weighted by Crippen LogP contribution is -2.05. The maximum absolute atomic E-state index is 12.4. The third kappa shape index (κ3) is 3.11. The minimum absolute atomic E-state index is 0.244. The van der Waals surface area contributed by atoms with Crippen LogP contribution in [-0.2, 0) is 6.18 Å². The molecule has 2 rings (SSSR count). The third-order valence-corrected chi connectivity index (χ3v) is 2.19. The van der Waals surface area contributed by atoms with Gasteiger partial charge in [0.1, 0.15) is 0 Å². The molecule has 0 aliphatic carbocycles. The van der Waals surface area contributed by atoms with Gasteiger partial charge in [-0.15, -0.1) is 0 Å². The summed E-state index contributed by atoms with van der Waals surface area (Å²) in [4.78, 5) is 3.54. The highest BCUT2D eigenvalue weighted by molar-refractivity contribution is 5.42. The van der Waals surface area contributed by atoms with Gasteiger partial charge in [0.05, 0.1) is 5.56 Å². The van der Waals surface area contributed by atoms with E-state index in [9.17, 15) is 13.2 Å². The molecule has 0 N–H and O–H groups in total. The zero-order valence-electron chi connectivity index (χ0n) is 9.20. The fourth-order valence-electron chi connectivity index (χ4n) is 1.33. The summed E-state index contributed by atoms with van der Waals surface area (Å²) in [6, 6.07) is 10.0. The van der Waals surface area contributed by atoms with Crippen molar-refractivity contribution in [1.29, 1.82) is 0 Å². The molecule has 0 aliphatic rings. The van der Waals surface area contributed by atoms with Crippen molar-refractivity contribution in [2.24, 2.45) is 0 Å². The van der Waals surface area contributed by atoms with E-state index in [2.05, 4.69) is 16.8 Å². The van der Waals surface area contributed by atoms with Crippen LogP contribution in [0, 0.1) is 11.8 Å². The van der Waals surface area contributed by atoms with Gasteiger partial charge in [0.2, 0.25) is 0 Å². The second-order valence-corrected chi connectivity index (χ2v) is 3.58. The normalized spacial score (nSPS) is 10.6. The van der Waals surface area contributed by atoms with Crippen LogP contribution >= 0.6 is 0 Å². The van der Waals surface area contributed by atoms with E-state index in [1.54, 1.807) is 12.1 Å². The maximum atomic E-state index is 12.4. The molecule has 1 heterocycles. The Labute approximate surface area is 102 Å². The van der Waals surface area contributed by atoms with Crippen LogP contribution in [0.5, 0.6) is 0 Å². The Morgan fingerprint density at radius 1 is 0.889 bits per heavy atom. The van der Waals surface area contributed by atoms with Crippen molar-refractivity contribution in [3.63, 3.8) is 0 Å². The minimum atomic E-state index is -4.39. The lowest BCUT2D eigenvalue weighted by Gasteiger charge is -2.05. The van der Waals surface area contributed by atoms with Crippen molar-refractivity contribution < 1.29 is 13.2 Å². The Hall–Kier alpha value is -2.28. The predicted molar refractivity (Wildman–Crippen MR) is 61.7 cm³/mol. The minimum Gasteiger partial charge on any atom is -0.263 e. The number of pyridine rings is 1. The molecule has 90 valence electrons. The molecule has 0 aliphatic heterocycles. The summed E-state index contributed by atoms with van der Waals surface area (Å²) in [5.74, 6) is 5.44. The first-order chi connectivity index (χ1) is 8.55. The highest BCUT2D eigenvalue weighted by Crippen LogP contribution is 2.28. The van der Waals surface area contributed by atoms with Crippen molar-refractivity contribution in [1.82, 2.24) is 4.98 Å². The summed E-state index contributed by atoms with van der Waals surface area (Å²) in [5.41, 5.74) is 0.200. The van der Waals surface area contributed by atoms with Gasteiger partial charge in [-0.25, -0.2) is 0 Å². The number of rotatable bonds is 0. The molecule has 0 atom stereocenters. The molecule has 1 nitrogen and oxygen atoms in total. The number of hydrogen-bond acceptors (Lipinski definition) is 1. The van der Waals surface area contributed by atoms with Gasteiger partial charge < -0.3 is 0 Å². The molecular weight excluding hydrogens is 239 g/mol. The summed E-state index contributed by atoms with van der Waals surface area (Å²) < 4.78 is 37.3. The van der Waals surface area contributed by atoms with E-state index in [1.807, 2.05) is 18.2 Å². The number of nitrogens with zero attached hydrogens (tertiary/aromatic N) is 1. The van der Waals surface area contributed by atoms with Crippen LogP contribution in [0.15, 0.2) is 48.8 Å². The molecule has 0 saturated heterocycles. The highest BCUT2D eigenvalue weighted by atomic mass is 19.4. The van der Waals surface area contributed by atoms with Crippen molar-refractivity contribution in [2.75, 3.05) is 0 Å². The highest BCUT2D eigenvalue weighted by Gasteiger charge is 2.30. The molecule has 0 unspecified atom stereocenters. The van der Waals surface area contributed by atoms with Gasteiger partial charge in [0.15, 0.2) is 0 Å². The summed E-state index contributed by atoms with van der Waals surface area (Å²) in [5, 5.41) is 0. The molecule has 2 aromatic rings. The summed E-state index contributed by atoms with van der Waals surface area (Å²) in [6.07, 6.45) is -2.30. The van der Waals surface area contributed by atoms with E-state index >= 15 is 0 Å². The lowest BCUT2D eigenvalue weighted by molar-refractivity contribution is -0.137. The Morgan fingerprint density at radius 2 is 1.56 bits per heavy atom. The average Bonchev–Trinajstić information content (AvgIpc) is 2.37. The van der Waals surface area contributed by atoms with Crippen molar-refractivity contribution in [3.8, 4) is 11.8 Å². The number of halogens is 3. The molecule has 0 bridgehead atoms. The number of aromatic nitrogens is 1. The van der Waals surface area contributed by atoms with Crippen LogP contribution in [0.3, 0.4) is 0 Å². The topological polar surface area (TPSA) is 12.9 Å². The summed E-state index contributed by atoms with van der Waals surface area (Å²) in [6.45, 7) is 0. The first-order valence-corrected chi connectivity index (χ1v) is 5.15. The Balaban J connectivity index is 2.29. The maximum Gasteiger partial charge on any atom is 0.417 e. The lowest BCUT2D eigenvalue weighted by atomic mass is 10.2. The quantitative estimate of drug-likeness (QED) is 0.649. The molecular formula is C14H8F3N. The van der Waals surface area contributed by atoms with Crippen LogP contribution in [0.25, 0.3) is 0 Å². The predicted octanol–water partition coefficient (Wildman–Crippen LogP) is 3.50. The second-order valence-electron chi connectivity index (χ2n) is 3.58. The van der Waals surface area contributed by atoms with Gasteiger partial charge in [0, 0.05) is 23.5 Å². The van der Waals surface area contributed by atoms with Gasteiger partial charge in [-0.05, 0) is 18.2 Å². The second kappa shape index (κ2) is 4.92. The SMILES string of the molecule is FC(F)(F)c1cncc(C#Cc2ccccc2)c1. The Bertz CT molecular complexity index is 592. The zero-order valence-corrected chi connectivity index (χ0v) is 9.20. The summed E-state index contributed by atoms with van der Waals surface area (Å²) >= 11 is 0. The molecule has 1 aromatic heterocycles. The zero-order chi connectivity index (χ0) is 13.0. The molecule has 18 heavy (non-hydrogen) atoms. The van der Waals surface area contributed by atoms with Crippen molar-refractivity contribution >= 4 is 0 Å². The number of benzene rings is 1. The van der Waals surface area contributed by atoms with E-state index in [-0.39, 0.29) is 5.56 Å². The van der Waals surface area contributed by atoms with Gasteiger partial charge in [-0.2, -0.15) is 13.2 Å². The Morgan fingerprint density at radius 3 is 2.22 bits per heavy atom. The Kier molecular flexibility index (Phi) is 3.33. The third-order valence-electron chi connectivity index (χ3n) is 2.19. The van der Waals surface area contributed by atoms with Gasteiger partial charge in [-0.1, -0.05) is 30.0 Å². The molecule has 0 saturated carbocycles. The molecule has 4 heteroatoms. The average molecular weight is 247 g/mol. The van der Waals surface area contributed by atoms with Crippen LogP contribution < -0.4 is 0 Å². The fourth-order valence-corrected chi connectivity index (χ4v) is 1.33. The largest absolute Gasteiger partial charge is 0.417 e. The smallest absolute Gasteiger partial charge is 0.263 e. The molecule has 0 radical (unpaired) electrons. The first kappa shape index (κ1) is 12.2. The van der Waals surface area contributed by atoms with Crippen LogP contribution in [0.1, 0.15) is 16.7 Å². The molecule has 0 amide bonds. The molecule has 0 spiro atoms. The van der Waals surface area contributed by atoms with E-state index in [0.717, 1.165) is 17.8 Å². The first-order valence-electron chi connectivity index (χ1n) is 5.15. The monoisotopic (exact) mass is 247 g/mol. The van der Waals surface area contributed by atoms with Crippen LogP contribution in [-0.4, -0.2) is 4.98 Å². The van der Waals surface area contributed by atoms with Gasteiger partial charge in [-0.3, -0.25) is 4.98 Å².